The molecule has 1 amide bonds. The van der Waals surface area contributed by atoms with E-state index in [9.17, 15) is 9.59 Å². The zero-order chi connectivity index (χ0) is 21.5. The van der Waals surface area contributed by atoms with Gasteiger partial charge in [0.25, 0.3) is 11.5 Å². The van der Waals surface area contributed by atoms with Gasteiger partial charge < -0.3 is 4.90 Å². The van der Waals surface area contributed by atoms with Crippen molar-refractivity contribution in [3.63, 3.8) is 0 Å². The SMILES string of the molecule is Cc1ccc(-c2nn(C(C)C(=O)N3CCc4ccccc43)c(=O)c3c2CCCC3)cc1. The van der Waals surface area contributed by atoms with Gasteiger partial charge in [0.1, 0.15) is 6.04 Å². The fraction of sp³-hybridized carbons (Fsp3) is 0.346. The molecule has 2 aromatic carbocycles. The molecule has 2 heterocycles. The molecule has 0 fully saturated rings. The Labute approximate surface area is 182 Å². The zero-order valence-electron chi connectivity index (χ0n) is 18.1. The van der Waals surface area contributed by atoms with Crippen molar-refractivity contribution in [2.24, 2.45) is 0 Å². The van der Waals surface area contributed by atoms with Gasteiger partial charge in [-0.15, -0.1) is 0 Å². The summed E-state index contributed by atoms with van der Waals surface area (Å²) >= 11 is 0. The first-order valence-corrected chi connectivity index (χ1v) is 11.2. The van der Waals surface area contributed by atoms with Gasteiger partial charge in [0.05, 0.1) is 5.69 Å². The summed E-state index contributed by atoms with van der Waals surface area (Å²) in [5, 5.41) is 4.79. The van der Waals surface area contributed by atoms with E-state index in [2.05, 4.69) is 37.3 Å². The summed E-state index contributed by atoms with van der Waals surface area (Å²) in [6.45, 7) is 4.50. The number of benzene rings is 2. The molecule has 5 rings (SSSR count). The number of rotatable bonds is 3. The summed E-state index contributed by atoms with van der Waals surface area (Å²) < 4.78 is 1.43. The minimum absolute atomic E-state index is 0.0786. The number of fused-ring (bicyclic) bond motifs is 2. The number of carbonyl (C=O) groups excluding carboxylic acids is 1. The first kappa shape index (κ1) is 19.7. The van der Waals surface area contributed by atoms with Gasteiger partial charge in [-0.25, -0.2) is 4.68 Å². The van der Waals surface area contributed by atoms with Gasteiger partial charge >= 0.3 is 0 Å². The number of carbonyl (C=O) groups is 1. The second-order valence-corrected chi connectivity index (χ2v) is 8.67. The second kappa shape index (κ2) is 7.80. The smallest absolute Gasteiger partial charge is 0.271 e. The van der Waals surface area contributed by atoms with Gasteiger partial charge in [0.2, 0.25) is 0 Å². The Bertz CT molecular complexity index is 1210. The summed E-state index contributed by atoms with van der Waals surface area (Å²) in [4.78, 5) is 28.6. The number of hydrogen-bond acceptors (Lipinski definition) is 3. The van der Waals surface area contributed by atoms with Gasteiger partial charge in [0, 0.05) is 23.4 Å². The Hall–Kier alpha value is -3.21. The molecule has 5 nitrogen and oxygen atoms in total. The van der Waals surface area contributed by atoms with E-state index in [1.165, 1.54) is 15.8 Å². The van der Waals surface area contributed by atoms with Crippen LogP contribution in [0, 0.1) is 6.92 Å². The normalized spacial score (nSPS) is 16.0. The van der Waals surface area contributed by atoms with Gasteiger partial charge in [-0.05, 0) is 63.1 Å². The van der Waals surface area contributed by atoms with Crippen molar-refractivity contribution in [1.29, 1.82) is 0 Å². The van der Waals surface area contributed by atoms with Crippen LogP contribution < -0.4 is 10.5 Å². The highest BCUT2D eigenvalue weighted by Gasteiger charge is 2.31. The molecule has 1 unspecified atom stereocenters. The molecule has 2 aliphatic rings. The maximum Gasteiger partial charge on any atom is 0.271 e. The van der Waals surface area contributed by atoms with Crippen LogP contribution >= 0.6 is 0 Å². The Balaban J connectivity index is 1.59. The number of hydrogen-bond donors (Lipinski definition) is 0. The summed E-state index contributed by atoms with van der Waals surface area (Å²) in [6, 6.07) is 15.6. The Morgan fingerprint density at radius 3 is 2.45 bits per heavy atom. The molecule has 0 spiro atoms. The van der Waals surface area contributed by atoms with Crippen LogP contribution in [0.4, 0.5) is 5.69 Å². The van der Waals surface area contributed by atoms with Crippen LogP contribution in [0.2, 0.25) is 0 Å². The first-order chi connectivity index (χ1) is 15.0. The maximum absolute atomic E-state index is 13.4. The van der Waals surface area contributed by atoms with Gasteiger partial charge in [-0.1, -0.05) is 48.0 Å². The van der Waals surface area contributed by atoms with E-state index >= 15 is 0 Å². The molecule has 1 aliphatic carbocycles. The van der Waals surface area contributed by atoms with Crippen molar-refractivity contribution >= 4 is 11.6 Å². The van der Waals surface area contributed by atoms with Crippen LogP contribution in [0.25, 0.3) is 11.3 Å². The van der Waals surface area contributed by atoms with Crippen molar-refractivity contribution in [2.75, 3.05) is 11.4 Å². The fourth-order valence-corrected chi connectivity index (χ4v) is 4.86. The Morgan fingerprint density at radius 2 is 1.68 bits per heavy atom. The largest absolute Gasteiger partial charge is 0.310 e. The van der Waals surface area contributed by atoms with E-state index in [1.807, 2.05) is 18.2 Å². The van der Waals surface area contributed by atoms with Crippen LogP contribution in [0.3, 0.4) is 0 Å². The van der Waals surface area contributed by atoms with Gasteiger partial charge in [0.15, 0.2) is 0 Å². The lowest BCUT2D eigenvalue weighted by atomic mass is 9.89. The van der Waals surface area contributed by atoms with Crippen LogP contribution in [0.5, 0.6) is 0 Å². The van der Waals surface area contributed by atoms with E-state index in [0.717, 1.165) is 60.2 Å². The summed E-state index contributed by atoms with van der Waals surface area (Å²) in [7, 11) is 0. The van der Waals surface area contributed by atoms with Crippen LogP contribution in [-0.2, 0) is 24.1 Å². The molecule has 1 aliphatic heterocycles. The molecule has 0 saturated heterocycles. The molecule has 3 aromatic rings. The number of para-hydroxylation sites is 1. The average molecular weight is 414 g/mol. The standard InChI is InChI=1S/C26H27N3O2/c1-17-11-13-20(14-12-17)24-21-8-4-5-9-22(21)26(31)29(27-24)18(2)25(30)28-16-15-19-7-3-6-10-23(19)28/h3,6-7,10-14,18H,4-5,8-9,15-16H2,1-2H3. The molecule has 5 heteroatoms. The molecule has 1 aromatic heterocycles. The fourth-order valence-electron chi connectivity index (χ4n) is 4.86. The lowest BCUT2D eigenvalue weighted by molar-refractivity contribution is -0.121. The predicted octanol–water partition coefficient (Wildman–Crippen LogP) is 4.25. The van der Waals surface area contributed by atoms with Gasteiger partial charge in [-0.2, -0.15) is 5.10 Å². The Morgan fingerprint density at radius 1 is 0.968 bits per heavy atom. The van der Waals surface area contributed by atoms with E-state index in [1.54, 1.807) is 11.8 Å². The highest BCUT2D eigenvalue weighted by atomic mass is 16.2. The first-order valence-electron chi connectivity index (χ1n) is 11.2. The summed E-state index contributed by atoms with van der Waals surface area (Å²) in [6.07, 6.45) is 4.53. The molecule has 0 saturated carbocycles. The van der Waals surface area contributed by atoms with Crippen molar-refractivity contribution in [3.05, 3.63) is 81.1 Å². The van der Waals surface area contributed by atoms with Crippen LogP contribution in [-0.4, -0.2) is 22.2 Å². The van der Waals surface area contributed by atoms with E-state index in [0.29, 0.717) is 6.54 Å². The predicted molar refractivity (Wildman–Crippen MR) is 123 cm³/mol. The average Bonchev–Trinajstić information content (AvgIpc) is 3.23. The maximum atomic E-state index is 13.4. The van der Waals surface area contributed by atoms with E-state index < -0.39 is 6.04 Å². The monoisotopic (exact) mass is 413 g/mol. The quantitative estimate of drug-likeness (QED) is 0.645. The third-order valence-electron chi connectivity index (χ3n) is 6.63. The van der Waals surface area contributed by atoms with Crippen molar-refractivity contribution in [3.8, 4) is 11.3 Å². The van der Waals surface area contributed by atoms with Crippen molar-refractivity contribution in [2.45, 2.75) is 52.0 Å². The third-order valence-corrected chi connectivity index (χ3v) is 6.63. The highest BCUT2D eigenvalue weighted by Crippen LogP contribution is 2.31. The van der Waals surface area contributed by atoms with Gasteiger partial charge in [-0.3, -0.25) is 9.59 Å². The Kier molecular flexibility index (Phi) is 4.97. The number of aromatic nitrogens is 2. The van der Waals surface area contributed by atoms with E-state index in [4.69, 9.17) is 5.10 Å². The molecule has 1 atom stereocenters. The molecular weight excluding hydrogens is 386 g/mol. The van der Waals surface area contributed by atoms with Crippen molar-refractivity contribution in [1.82, 2.24) is 9.78 Å². The molecule has 158 valence electrons. The number of anilines is 1. The third kappa shape index (κ3) is 3.38. The van der Waals surface area contributed by atoms with Crippen LogP contribution in [0.1, 0.15) is 48.1 Å². The second-order valence-electron chi connectivity index (χ2n) is 8.67. The zero-order valence-corrected chi connectivity index (χ0v) is 18.1. The minimum Gasteiger partial charge on any atom is -0.310 e. The number of amides is 1. The molecule has 0 N–H and O–H groups in total. The molecule has 0 bridgehead atoms. The van der Waals surface area contributed by atoms with Crippen LogP contribution in [0.15, 0.2) is 53.3 Å². The molecule has 31 heavy (non-hydrogen) atoms. The highest BCUT2D eigenvalue weighted by molar-refractivity contribution is 5.97. The lowest BCUT2D eigenvalue weighted by Crippen LogP contribution is -2.41. The topological polar surface area (TPSA) is 55.2 Å². The summed E-state index contributed by atoms with van der Waals surface area (Å²) in [5.41, 5.74) is 6.93. The minimum atomic E-state index is -0.657. The summed E-state index contributed by atoms with van der Waals surface area (Å²) in [5.74, 6) is -0.0786. The number of nitrogens with zero attached hydrogens (tertiary/aromatic N) is 3. The van der Waals surface area contributed by atoms with E-state index in [-0.39, 0.29) is 11.5 Å². The molecular formula is C26H27N3O2. The lowest BCUT2D eigenvalue weighted by Gasteiger charge is -2.25. The number of aryl methyl sites for hydroxylation is 1. The molecule has 0 radical (unpaired) electrons. The van der Waals surface area contributed by atoms with Crippen molar-refractivity contribution < 1.29 is 4.79 Å².